The molecule has 0 radical (unpaired) electrons. The second kappa shape index (κ2) is 5.28. The van der Waals surface area contributed by atoms with Gasteiger partial charge in [-0.05, 0) is 26.3 Å². The van der Waals surface area contributed by atoms with Gasteiger partial charge >= 0.3 is 0 Å². The predicted octanol–water partition coefficient (Wildman–Crippen LogP) is 1.16. The molecule has 0 aliphatic rings. The second-order valence-corrected chi connectivity index (χ2v) is 4.07. The summed E-state index contributed by atoms with van der Waals surface area (Å²) in [5.74, 6) is 0. The highest BCUT2D eigenvalue weighted by Crippen LogP contribution is 2.16. The first-order chi connectivity index (χ1) is 7.10. The minimum atomic E-state index is -0.0985. The lowest BCUT2D eigenvalue weighted by atomic mass is 10.1. The largest absolute Gasteiger partial charge is 0.394 e. The molecule has 0 saturated heterocycles. The summed E-state index contributed by atoms with van der Waals surface area (Å²) in [7, 11) is 0. The van der Waals surface area contributed by atoms with Crippen molar-refractivity contribution >= 4 is 0 Å². The minimum absolute atomic E-state index is 0.0296. The first kappa shape index (κ1) is 12.2. The predicted molar refractivity (Wildman–Crippen MR) is 60.7 cm³/mol. The molecule has 0 aliphatic heterocycles. The van der Waals surface area contributed by atoms with Crippen LogP contribution in [0.1, 0.15) is 37.2 Å². The number of nitrogens with zero attached hydrogens (tertiary/aromatic N) is 2. The molecule has 0 amide bonds. The monoisotopic (exact) mass is 211 g/mol. The summed E-state index contributed by atoms with van der Waals surface area (Å²) in [6.07, 6.45) is 1.93. The molecule has 1 aromatic heterocycles. The first-order valence-corrected chi connectivity index (χ1v) is 5.49. The highest BCUT2D eigenvalue weighted by Gasteiger charge is 2.20. The van der Waals surface area contributed by atoms with Crippen LogP contribution in [0.5, 0.6) is 0 Å². The molecular formula is C11H21N3O. The van der Waals surface area contributed by atoms with E-state index in [1.807, 2.05) is 24.6 Å². The Morgan fingerprint density at radius 2 is 2.20 bits per heavy atom. The highest BCUT2D eigenvalue weighted by molar-refractivity contribution is 5.08. The number of aryl methyl sites for hydroxylation is 2. The Bertz CT molecular complexity index is 309. The lowest BCUT2D eigenvalue weighted by Crippen LogP contribution is -2.35. The third-order valence-corrected chi connectivity index (χ3v) is 2.66. The number of aromatic nitrogens is 2. The van der Waals surface area contributed by atoms with Crippen LogP contribution < -0.4 is 5.73 Å². The van der Waals surface area contributed by atoms with E-state index in [9.17, 15) is 5.11 Å². The molecule has 0 aromatic carbocycles. The van der Waals surface area contributed by atoms with E-state index in [2.05, 4.69) is 12.0 Å². The van der Waals surface area contributed by atoms with Crippen LogP contribution in [-0.2, 0) is 0 Å². The van der Waals surface area contributed by atoms with Crippen molar-refractivity contribution in [3.63, 3.8) is 0 Å². The molecule has 4 nitrogen and oxygen atoms in total. The van der Waals surface area contributed by atoms with Crippen LogP contribution in [-0.4, -0.2) is 27.5 Å². The minimum Gasteiger partial charge on any atom is -0.394 e. The van der Waals surface area contributed by atoms with Crippen molar-refractivity contribution in [2.45, 2.75) is 45.7 Å². The zero-order chi connectivity index (χ0) is 11.4. The summed E-state index contributed by atoms with van der Waals surface area (Å²) < 4.78 is 1.84. The zero-order valence-corrected chi connectivity index (χ0v) is 9.77. The molecule has 86 valence electrons. The Kier molecular flexibility index (Phi) is 4.29. The summed E-state index contributed by atoms with van der Waals surface area (Å²) in [6.45, 7) is 6.07. The second-order valence-electron chi connectivity index (χ2n) is 4.07. The Morgan fingerprint density at radius 3 is 2.60 bits per heavy atom. The van der Waals surface area contributed by atoms with Gasteiger partial charge in [-0.3, -0.25) is 4.68 Å². The van der Waals surface area contributed by atoms with E-state index >= 15 is 0 Å². The van der Waals surface area contributed by atoms with Gasteiger partial charge in [0.2, 0.25) is 0 Å². The van der Waals surface area contributed by atoms with Crippen LogP contribution in [0.2, 0.25) is 0 Å². The van der Waals surface area contributed by atoms with Crippen molar-refractivity contribution < 1.29 is 5.11 Å². The van der Waals surface area contributed by atoms with Crippen LogP contribution >= 0.6 is 0 Å². The molecule has 0 bridgehead atoms. The summed E-state index contributed by atoms with van der Waals surface area (Å²) in [6, 6.07) is 1.87. The Hall–Kier alpha value is -0.870. The van der Waals surface area contributed by atoms with Crippen molar-refractivity contribution in [1.29, 1.82) is 0 Å². The van der Waals surface area contributed by atoms with Gasteiger partial charge < -0.3 is 10.8 Å². The van der Waals surface area contributed by atoms with Crippen LogP contribution in [0.25, 0.3) is 0 Å². The van der Waals surface area contributed by atoms with E-state index < -0.39 is 0 Å². The van der Waals surface area contributed by atoms with E-state index in [0.29, 0.717) is 0 Å². The average molecular weight is 211 g/mol. The van der Waals surface area contributed by atoms with E-state index in [1.165, 1.54) is 0 Å². The van der Waals surface area contributed by atoms with Crippen molar-refractivity contribution in [3.8, 4) is 0 Å². The van der Waals surface area contributed by atoms with Gasteiger partial charge in [0.05, 0.1) is 18.3 Å². The standard InChI is InChI=1S/C11H21N3O/c1-4-5-10(12)11(7-15)14-9(3)6-8(2)13-14/h6,10-11,15H,4-5,7,12H2,1-3H3. The van der Waals surface area contributed by atoms with E-state index in [1.54, 1.807) is 0 Å². The lowest BCUT2D eigenvalue weighted by Gasteiger charge is -2.23. The summed E-state index contributed by atoms with van der Waals surface area (Å²) in [5, 5.41) is 13.7. The van der Waals surface area contributed by atoms with Crippen molar-refractivity contribution in [2.24, 2.45) is 5.73 Å². The molecule has 2 atom stereocenters. The molecule has 4 heteroatoms. The molecule has 15 heavy (non-hydrogen) atoms. The number of hydrogen-bond donors (Lipinski definition) is 2. The molecule has 1 rings (SSSR count). The molecule has 3 N–H and O–H groups in total. The smallest absolute Gasteiger partial charge is 0.0903 e. The topological polar surface area (TPSA) is 64.1 Å². The fourth-order valence-corrected chi connectivity index (χ4v) is 1.90. The summed E-state index contributed by atoms with van der Waals surface area (Å²) in [4.78, 5) is 0. The van der Waals surface area contributed by atoms with Crippen molar-refractivity contribution in [3.05, 3.63) is 17.5 Å². The summed E-state index contributed by atoms with van der Waals surface area (Å²) in [5.41, 5.74) is 8.05. The maximum Gasteiger partial charge on any atom is 0.0903 e. The Balaban J connectivity index is 2.86. The molecule has 0 saturated carbocycles. The SMILES string of the molecule is CCCC(N)C(CO)n1nc(C)cc1C. The molecular weight excluding hydrogens is 190 g/mol. The van der Waals surface area contributed by atoms with Gasteiger partial charge in [-0.1, -0.05) is 13.3 Å². The quantitative estimate of drug-likeness (QED) is 0.768. The van der Waals surface area contributed by atoms with Gasteiger partial charge in [0.15, 0.2) is 0 Å². The molecule has 0 aliphatic carbocycles. The van der Waals surface area contributed by atoms with Crippen LogP contribution in [0.3, 0.4) is 0 Å². The van der Waals surface area contributed by atoms with Crippen LogP contribution in [0, 0.1) is 13.8 Å². The molecule has 0 fully saturated rings. The third kappa shape index (κ3) is 2.79. The van der Waals surface area contributed by atoms with Crippen LogP contribution in [0.4, 0.5) is 0 Å². The van der Waals surface area contributed by atoms with Crippen molar-refractivity contribution in [2.75, 3.05) is 6.61 Å². The summed E-state index contributed by atoms with van der Waals surface area (Å²) >= 11 is 0. The molecule has 0 spiro atoms. The normalized spacial score (nSPS) is 15.3. The number of aliphatic hydroxyl groups excluding tert-OH is 1. The average Bonchev–Trinajstić information content (AvgIpc) is 2.47. The van der Waals surface area contributed by atoms with E-state index in [-0.39, 0.29) is 18.7 Å². The first-order valence-electron chi connectivity index (χ1n) is 5.49. The van der Waals surface area contributed by atoms with Crippen LogP contribution in [0.15, 0.2) is 6.07 Å². The number of rotatable bonds is 5. The van der Waals surface area contributed by atoms with Gasteiger partial charge in [0.1, 0.15) is 0 Å². The number of nitrogens with two attached hydrogens (primary N) is 1. The van der Waals surface area contributed by atoms with Gasteiger partial charge in [-0.25, -0.2) is 0 Å². The maximum absolute atomic E-state index is 9.37. The van der Waals surface area contributed by atoms with Gasteiger partial charge in [-0.2, -0.15) is 5.10 Å². The Morgan fingerprint density at radius 1 is 1.53 bits per heavy atom. The fraction of sp³-hybridized carbons (Fsp3) is 0.727. The molecule has 1 aromatic rings. The molecule has 1 heterocycles. The Labute approximate surface area is 91.1 Å². The van der Waals surface area contributed by atoms with Gasteiger partial charge in [0, 0.05) is 11.7 Å². The van der Waals surface area contributed by atoms with Gasteiger partial charge in [-0.15, -0.1) is 0 Å². The highest BCUT2D eigenvalue weighted by atomic mass is 16.3. The van der Waals surface area contributed by atoms with Gasteiger partial charge in [0.25, 0.3) is 0 Å². The number of hydrogen-bond acceptors (Lipinski definition) is 3. The third-order valence-electron chi connectivity index (χ3n) is 2.66. The van der Waals surface area contributed by atoms with Crippen molar-refractivity contribution in [1.82, 2.24) is 9.78 Å². The van der Waals surface area contributed by atoms with E-state index in [4.69, 9.17) is 5.73 Å². The number of aliphatic hydroxyl groups is 1. The lowest BCUT2D eigenvalue weighted by molar-refractivity contribution is 0.190. The fourth-order valence-electron chi connectivity index (χ4n) is 1.90. The van der Waals surface area contributed by atoms with E-state index in [0.717, 1.165) is 24.2 Å². The molecule has 2 unspecified atom stereocenters. The maximum atomic E-state index is 9.37. The zero-order valence-electron chi connectivity index (χ0n) is 9.77.